The minimum Gasteiger partial charge on any atom is -0.487 e. The van der Waals surface area contributed by atoms with Gasteiger partial charge in [-0.2, -0.15) is 0 Å². The zero-order chi connectivity index (χ0) is 31.8. The van der Waals surface area contributed by atoms with Gasteiger partial charge in [-0.3, -0.25) is 15.0 Å². The summed E-state index contributed by atoms with van der Waals surface area (Å²) in [7, 11) is -4.09. The van der Waals surface area contributed by atoms with Crippen LogP contribution >= 0.6 is 11.6 Å². The number of nitrogens with one attached hydrogen (secondary N) is 5. The van der Waals surface area contributed by atoms with Crippen LogP contribution < -0.4 is 25.4 Å². The minimum atomic E-state index is -4.09. The molecule has 0 saturated carbocycles. The summed E-state index contributed by atoms with van der Waals surface area (Å²) in [6.45, 7) is 14.0. The molecule has 1 aliphatic rings. The van der Waals surface area contributed by atoms with E-state index in [0.717, 1.165) is 11.1 Å². The maximum atomic E-state index is 13.3. The number of sulfonamides is 1. The number of guanidine groups is 1. The van der Waals surface area contributed by atoms with Crippen molar-refractivity contribution in [2.75, 3.05) is 19.0 Å². The highest BCUT2D eigenvalue weighted by molar-refractivity contribution is 7.90. The number of amides is 2. The maximum Gasteiger partial charge on any atom is 0.328 e. The van der Waals surface area contributed by atoms with Crippen LogP contribution in [0.3, 0.4) is 0 Å². The van der Waals surface area contributed by atoms with E-state index in [0.29, 0.717) is 23.3 Å². The van der Waals surface area contributed by atoms with Gasteiger partial charge in [-0.1, -0.05) is 12.7 Å². The lowest BCUT2D eigenvalue weighted by atomic mass is 9.94. The van der Waals surface area contributed by atoms with E-state index in [-0.39, 0.29) is 43.2 Å². The third kappa shape index (κ3) is 9.09. The number of rotatable bonds is 14. The van der Waals surface area contributed by atoms with E-state index in [1.807, 2.05) is 20.8 Å². The summed E-state index contributed by atoms with van der Waals surface area (Å²) in [4.78, 5) is 36.9. The zero-order valence-corrected chi connectivity index (χ0v) is 26.6. The van der Waals surface area contributed by atoms with Crippen molar-refractivity contribution < 1.29 is 32.3 Å². The molecule has 12 nitrogen and oxygen atoms in total. The fourth-order valence-electron chi connectivity index (χ4n) is 4.77. The second-order valence-corrected chi connectivity index (χ2v) is 12.8. The summed E-state index contributed by atoms with van der Waals surface area (Å²) in [5.41, 5.74) is 2.27. The Balaban J connectivity index is 2.02. The third-order valence-corrected chi connectivity index (χ3v) is 8.65. The number of ether oxygens (including phenoxy) is 2. The van der Waals surface area contributed by atoms with Gasteiger partial charge in [0.1, 0.15) is 30.0 Å². The largest absolute Gasteiger partial charge is 0.487 e. The lowest BCUT2D eigenvalue weighted by molar-refractivity contribution is -0.147. The first-order valence-corrected chi connectivity index (χ1v) is 15.6. The highest BCUT2D eigenvalue weighted by Gasteiger charge is 2.36. The SMILES string of the molecule is C=CCOC(=O)[C@H](CCCl)NC(=O)[C@@H](CCCNC(=N)NS(=O)(=O)c1c(C)c(C)c2c(c1C)CC(C)(C)O2)NC(C)=O. The fourth-order valence-corrected chi connectivity index (χ4v) is 6.52. The average Bonchev–Trinajstić information content (AvgIpc) is 3.22. The maximum absolute atomic E-state index is 13.3. The number of hydrogen-bond donors (Lipinski definition) is 5. The number of carbonyl (C=O) groups is 3. The second kappa shape index (κ2) is 14.7. The van der Waals surface area contributed by atoms with E-state index >= 15 is 0 Å². The van der Waals surface area contributed by atoms with E-state index in [1.165, 1.54) is 13.0 Å². The van der Waals surface area contributed by atoms with Crippen LogP contribution in [0, 0.1) is 26.2 Å². The van der Waals surface area contributed by atoms with Crippen LogP contribution in [-0.4, -0.2) is 68.9 Å². The highest BCUT2D eigenvalue weighted by Crippen LogP contribution is 2.43. The van der Waals surface area contributed by atoms with Crippen LogP contribution in [0.4, 0.5) is 0 Å². The Bertz CT molecular complexity index is 1330. The molecule has 14 heteroatoms. The molecule has 0 spiro atoms. The van der Waals surface area contributed by atoms with Crippen molar-refractivity contribution in [2.24, 2.45) is 0 Å². The monoisotopic (exact) mass is 627 g/mol. The molecule has 1 heterocycles. The lowest BCUT2D eigenvalue weighted by Gasteiger charge is -2.22. The van der Waals surface area contributed by atoms with E-state index in [4.69, 9.17) is 26.5 Å². The van der Waals surface area contributed by atoms with Crippen LogP contribution in [-0.2, 0) is 35.6 Å². The Labute approximate surface area is 252 Å². The highest BCUT2D eigenvalue weighted by atomic mass is 35.5. The van der Waals surface area contributed by atoms with Crippen molar-refractivity contribution >= 4 is 45.4 Å². The molecule has 1 aromatic carbocycles. The van der Waals surface area contributed by atoms with Gasteiger partial charge in [0.2, 0.25) is 17.8 Å². The predicted molar refractivity (Wildman–Crippen MR) is 160 cm³/mol. The first-order valence-electron chi connectivity index (χ1n) is 13.6. The lowest BCUT2D eigenvalue weighted by Crippen LogP contribution is -2.52. The molecule has 42 heavy (non-hydrogen) atoms. The van der Waals surface area contributed by atoms with Crippen molar-refractivity contribution in [3.8, 4) is 5.75 Å². The quantitative estimate of drug-likeness (QED) is 0.0521. The summed E-state index contributed by atoms with van der Waals surface area (Å²) in [6.07, 6.45) is 2.52. The van der Waals surface area contributed by atoms with Crippen molar-refractivity contribution in [3.05, 3.63) is 34.9 Å². The van der Waals surface area contributed by atoms with Gasteiger partial charge in [-0.15, -0.1) is 11.6 Å². The van der Waals surface area contributed by atoms with E-state index in [2.05, 4.69) is 27.3 Å². The summed E-state index contributed by atoms with van der Waals surface area (Å²) in [5.74, 6) is -1.35. The topological polar surface area (TPSA) is 176 Å². The number of fused-ring (bicyclic) bond motifs is 1. The van der Waals surface area contributed by atoms with Crippen LogP contribution in [0.2, 0.25) is 0 Å². The first kappa shape index (κ1) is 34.9. The summed E-state index contributed by atoms with van der Waals surface area (Å²) in [5, 5.41) is 16.0. The van der Waals surface area contributed by atoms with E-state index in [1.54, 1.807) is 13.8 Å². The van der Waals surface area contributed by atoms with Gasteiger partial charge in [-0.05, 0) is 70.6 Å². The zero-order valence-electron chi connectivity index (χ0n) is 25.0. The van der Waals surface area contributed by atoms with E-state index < -0.39 is 51.5 Å². The number of esters is 1. The van der Waals surface area contributed by atoms with Gasteiger partial charge in [0.05, 0.1) is 4.90 Å². The van der Waals surface area contributed by atoms with Crippen LogP contribution in [0.5, 0.6) is 5.75 Å². The number of hydrogen-bond acceptors (Lipinski definition) is 8. The van der Waals surface area contributed by atoms with Gasteiger partial charge < -0.3 is 25.4 Å². The van der Waals surface area contributed by atoms with Gasteiger partial charge in [0.15, 0.2) is 0 Å². The molecule has 0 unspecified atom stereocenters. The van der Waals surface area contributed by atoms with Gasteiger partial charge in [0.25, 0.3) is 10.0 Å². The Morgan fingerprint density at radius 1 is 1.12 bits per heavy atom. The van der Waals surface area contributed by atoms with Gasteiger partial charge >= 0.3 is 5.97 Å². The van der Waals surface area contributed by atoms with Crippen molar-refractivity contribution in [2.45, 2.75) is 89.8 Å². The Morgan fingerprint density at radius 3 is 2.38 bits per heavy atom. The normalized spacial score (nSPS) is 14.9. The molecule has 2 atom stereocenters. The van der Waals surface area contributed by atoms with Crippen molar-refractivity contribution in [1.82, 2.24) is 20.7 Å². The molecule has 0 saturated heterocycles. The molecule has 0 aliphatic carbocycles. The van der Waals surface area contributed by atoms with Crippen LogP contribution in [0.15, 0.2) is 17.6 Å². The molecular formula is C28H42ClN5O7S. The van der Waals surface area contributed by atoms with Crippen molar-refractivity contribution in [3.63, 3.8) is 0 Å². The Hall–Kier alpha value is -3.32. The number of benzene rings is 1. The molecular weight excluding hydrogens is 586 g/mol. The molecule has 2 rings (SSSR count). The molecule has 234 valence electrons. The minimum absolute atomic E-state index is 0.0260. The smallest absolute Gasteiger partial charge is 0.328 e. The number of carbonyl (C=O) groups excluding carboxylic acids is 3. The molecule has 0 radical (unpaired) electrons. The Morgan fingerprint density at radius 2 is 1.79 bits per heavy atom. The molecule has 2 amide bonds. The fraction of sp³-hybridized carbons (Fsp3) is 0.571. The number of alkyl halides is 1. The first-order chi connectivity index (χ1) is 19.5. The average molecular weight is 628 g/mol. The van der Waals surface area contributed by atoms with E-state index in [9.17, 15) is 22.8 Å². The van der Waals surface area contributed by atoms with Gasteiger partial charge in [0, 0.05) is 31.3 Å². The standard InChI is InChI=1S/C28H42ClN5O7S/c1-8-14-40-26(37)22(11-12-29)33-25(36)21(32-19(5)35)10-9-13-31-27(30)34-42(38,39)24-17(3)16(2)23-20(18(24)4)15-28(6,7)41-23/h8,21-22H,1,9-15H2,2-7H3,(H,32,35)(H,33,36)(H3,30,31,34)/t21-,22+/m1/s1. The number of halogens is 1. The molecule has 0 aromatic heterocycles. The van der Waals surface area contributed by atoms with Crippen molar-refractivity contribution in [1.29, 1.82) is 5.41 Å². The third-order valence-electron chi connectivity index (χ3n) is 6.80. The Kier molecular flexibility index (Phi) is 12.2. The summed E-state index contributed by atoms with van der Waals surface area (Å²) < 4.78 is 40.0. The molecule has 0 fully saturated rings. The summed E-state index contributed by atoms with van der Waals surface area (Å²) in [6, 6.07) is -1.98. The molecule has 5 N–H and O–H groups in total. The van der Waals surface area contributed by atoms with Crippen LogP contribution in [0.25, 0.3) is 0 Å². The summed E-state index contributed by atoms with van der Waals surface area (Å²) >= 11 is 5.77. The molecule has 1 aromatic rings. The predicted octanol–water partition coefficient (Wildman–Crippen LogP) is 2.26. The second-order valence-electron chi connectivity index (χ2n) is 10.8. The molecule has 1 aliphatic heterocycles. The van der Waals surface area contributed by atoms with Crippen LogP contribution in [0.1, 0.15) is 62.3 Å². The molecule has 0 bridgehead atoms. The van der Waals surface area contributed by atoms with Gasteiger partial charge in [-0.25, -0.2) is 17.9 Å².